The number of amides is 2. The van der Waals surface area contributed by atoms with Crippen molar-refractivity contribution in [3.05, 3.63) is 0 Å². The van der Waals surface area contributed by atoms with Crippen LogP contribution >= 0.6 is 11.8 Å². The molecular weight excluding hydrogens is 359 g/mol. The molecule has 0 aromatic rings. The first-order chi connectivity index (χ1) is 12.0. The van der Waals surface area contributed by atoms with Crippen LogP contribution in [0.3, 0.4) is 0 Å². The summed E-state index contributed by atoms with van der Waals surface area (Å²) in [4.78, 5) is 38.4. The molecule has 2 aliphatic rings. The van der Waals surface area contributed by atoms with Gasteiger partial charge >= 0.3 is 6.09 Å². The Morgan fingerprint density at radius 2 is 1.92 bits per heavy atom. The van der Waals surface area contributed by atoms with Gasteiger partial charge in [-0.05, 0) is 26.7 Å². The van der Waals surface area contributed by atoms with Crippen LogP contribution in [0.2, 0.25) is 0 Å². The van der Waals surface area contributed by atoms with E-state index in [2.05, 4.69) is 0 Å². The smallest absolute Gasteiger partial charge is 0.410 e. The highest BCUT2D eigenvalue weighted by molar-refractivity contribution is 8.13. The Labute approximate surface area is 158 Å². The summed E-state index contributed by atoms with van der Waals surface area (Å²) in [6, 6.07) is 0. The first-order valence-electron chi connectivity index (χ1n) is 9.05. The van der Waals surface area contributed by atoms with Crippen molar-refractivity contribution in [1.82, 2.24) is 9.80 Å². The zero-order valence-electron chi connectivity index (χ0n) is 16.0. The van der Waals surface area contributed by atoms with Gasteiger partial charge < -0.3 is 14.5 Å². The maximum absolute atomic E-state index is 15.2. The van der Waals surface area contributed by atoms with Crippen molar-refractivity contribution < 1.29 is 23.5 Å². The second kappa shape index (κ2) is 8.15. The Balaban J connectivity index is 1.82. The Hall–Kier alpha value is -1.31. The number of ether oxygens (including phenoxy) is 1. The maximum Gasteiger partial charge on any atom is 0.410 e. The molecule has 0 saturated carbocycles. The predicted molar refractivity (Wildman–Crippen MR) is 98.7 cm³/mol. The standard InChI is InChI=1S/C18H29FN2O4S/c1-13(22)26-11-14-9-15(23)21(10-14)12-18(19)5-7-20(8-6-18)16(24)25-17(2,3)4/h14H,5-12H2,1-4H3. The van der Waals surface area contributed by atoms with Gasteiger partial charge in [0.1, 0.15) is 11.3 Å². The highest BCUT2D eigenvalue weighted by Gasteiger charge is 2.41. The number of piperidine rings is 1. The van der Waals surface area contributed by atoms with E-state index in [0.29, 0.717) is 18.7 Å². The van der Waals surface area contributed by atoms with Gasteiger partial charge in [-0.1, -0.05) is 11.8 Å². The summed E-state index contributed by atoms with van der Waals surface area (Å²) in [6.07, 6.45) is 0.352. The molecule has 8 heteroatoms. The lowest BCUT2D eigenvalue weighted by atomic mass is 9.93. The molecule has 2 aliphatic heterocycles. The van der Waals surface area contributed by atoms with Crippen LogP contribution in [0.1, 0.15) is 47.0 Å². The van der Waals surface area contributed by atoms with Crippen molar-refractivity contribution in [1.29, 1.82) is 0 Å². The fourth-order valence-corrected chi connectivity index (χ4v) is 3.96. The van der Waals surface area contributed by atoms with Crippen molar-refractivity contribution >= 4 is 28.9 Å². The van der Waals surface area contributed by atoms with E-state index in [0.717, 1.165) is 0 Å². The minimum Gasteiger partial charge on any atom is -0.444 e. The number of carbonyl (C=O) groups excluding carboxylic acids is 3. The van der Waals surface area contributed by atoms with E-state index >= 15 is 4.39 Å². The molecule has 6 nitrogen and oxygen atoms in total. The molecule has 0 aromatic carbocycles. The van der Waals surface area contributed by atoms with Crippen LogP contribution in [0.15, 0.2) is 0 Å². The van der Waals surface area contributed by atoms with Crippen molar-refractivity contribution in [3.8, 4) is 0 Å². The SMILES string of the molecule is CC(=O)SCC1CC(=O)N(CC2(F)CCN(C(=O)OC(C)(C)C)CC2)C1. The molecule has 0 radical (unpaired) electrons. The molecule has 1 unspecified atom stereocenters. The van der Waals surface area contributed by atoms with E-state index in [1.807, 2.05) is 0 Å². The molecule has 0 N–H and O–H groups in total. The third-order valence-corrected chi connectivity index (χ3v) is 5.65. The lowest BCUT2D eigenvalue weighted by Gasteiger charge is -2.38. The van der Waals surface area contributed by atoms with Crippen LogP contribution in [-0.4, -0.2) is 70.1 Å². The highest BCUT2D eigenvalue weighted by atomic mass is 32.2. The number of nitrogens with zero attached hydrogens (tertiary/aromatic N) is 2. The van der Waals surface area contributed by atoms with Crippen LogP contribution in [0.25, 0.3) is 0 Å². The first kappa shape index (κ1) is 21.0. The van der Waals surface area contributed by atoms with Crippen molar-refractivity contribution in [3.63, 3.8) is 0 Å². The zero-order valence-corrected chi connectivity index (χ0v) is 16.9. The number of rotatable bonds is 4. The number of thioether (sulfide) groups is 1. The monoisotopic (exact) mass is 388 g/mol. The Morgan fingerprint density at radius 3 is 2.46 bits per heavy atom. The van der Waals surface area contributed by atoms with E-state index in [-0.39, 0.29) is 49.4 Å². The number of hydrogen-bond donors (Lipinski definition) is 0. The molecule has 148 valence electrons. The topological polar surface area (TPSA) is 66.9 Å². The van der Waals surface area contributed by atoms with Crippen molar-refractivity contribution in [2.75, 3.05) is 31.9 Å². The summed E-state index contributed by atoms with van der Waals surface area (Å²) in [5, 5.41) is 0.0346. The van der Waals surface area contributed by atoms with Crippen LogP contribution < -0.4 is 0 Å². The summed E-state index contributed by atoms with van der Waals surface area (Å²) in [5.41, 5.74) is -2.05. The molecule has 1 atom stereocenters. The van der Waals surface area contributed by atoms with E-state index in [1.54, 1.807) is 25.7 Å². The number of alkyl halides is 1. The van der Waals surface area contributed by atoms with Crippen LogP contribution in [0.5, 0.6) is 0 Å². The van der Waals surface area contributed by atoms with E-state index in [1.165, 1.54) is 23.6 Å². The second-order valence-electron chi connectivity index (χ2n) is 8.27. The molecule has 2 saturated heterocycles. The van der Waals surface area contributed by atoms with E-state index < -0.39 is 17.4 Å². The number of hydrogen-bond acceptors (Lipinski definition) is 5. The van der Waals surface area contributed by atoms with Gasteiger partial charge in [0, 0.05) is 51.6 Å². The molecule has 2 rings (SSSR count). The van der Waals surface area contributed by atoms with Gasteiger partial charge in [0.25, 0.3) is 0 Å². The fraction of sp³-hybridized carbons (Fsp3) is 0.833. The number of halogens is 1. The van der Waals surface area contributed by atoms with Gasteiger partial charge in [-0.2, -0.15) is 0 Å². The van der Waals surface area contributed by atoms with Gasteiger partial charge in [-0.3, -0.25) is 9.59 Å². The normalized spacial score (nSPS) is 23.3. The largest absolute Gasteiger partial charge is 0.444 e. The Morgan fingerprint density at radius 1 is 1.31 bits per heavy atom. The zero-order chi connectivity index (χ0) is 19.5. The minimum absolute atomic E-state index is 0.0346. The molecule has 2 fully saturated rings. The maximum atomic E-state index is 15.2. The average Bonchev–Trinajstić information content (AvgIpc) is 2.83. The third-order valence-electron chi connectivity index (χ3n) is 4.60. The minimum atomic E-state index is -1.48. The Kier molecular flexibility index (Phi) is 6.58. The first-order valence-corrected chi connectivity index (χ1v) is 10.0. The average molecular weight is 389 g/mol. The fourth-order valence-electron chi connectivity index (χ4n) is 3.27. The quantitative estimate of drug-likeness (QED) is 0.741. The summed E-state index contributed by atoms with van der Waals surface area (Å²) in [5.74, 6) is 0.649. The van der Waals surface area contributed by atoms with Crippen LogP contribution in [0.4, 0.5) is 9.18 Å². The summed E-state index contributed by atoms with van der Waals surface area (Å²) in [7, 11) is 0. The van der Waals surface area contributed by atoms with E-state index in [9.17, 15) is 14.4 Å². The van der Waals surface area contributed by atoms with E-state index in [4.69, 9.17) is 4.74 Å². The predicted octanol–water partition coefficient (Wildman–Crippen LogP) is 2.85. The second-order valence-corrected chi connectivity index (χ2v) is 9.46. The Bertz CT molecular complexity index is 556. The molecule has 0 aliphatic carbocycles. The summed E-state index contributed by atoms with van der Waals surface area (Å²) in [6.45, 7) is 8.05. The molecule has 0 bridgehead atoms. The van der Waals surface area contributed by atoms with Crippen LogP contribution in [0, 0.1) is 5.92 Å². The van der Waals surface area contributed by atoms with Gasteiger partial charge in [0.05, 0.1) is 6.54 Å². The number of likely N-dealkylation sites (tertiary alicyclic amines) is 2. The van der Waals surface area contributed by atoms with Gasteiger partial charge in [0.15, 0.2) is 5.12 Å². The lowest BCUT2D eigenvalue weighted by molar-refractivity contribution is -0.130. The molecule has 2 heterocycles. The van der Waals surface area contributed by atoms with Gasteiger partial charge in [0.2, 0.25) is 5.91 Å². The van der Waals surface area contributed by atoms with Crippen molar-refractivity contribution in [2.45, 2.75) is 58.2 Å². The molecule has 2 amide bonds. The lowest BCUT2D eigenvalue weighted by Crippen LogP contribution is -2.50. The summed E-state index contributed by atoms with van der Waals surface area (Å²) < 4.78 is 20.5. The van der Waals surface area contributed by atoms with Gasteiger partial charge in [-0.15, -0.1) is 0 Å². The van der Waals surface area contributed by atoms with Crippen molar-refractivity contribution in [2.24, 2.45) is 5.92 Å². The van der Waals surface area contributed by atoms with Gasteiger partial charge in [-0.25, -0.2) is 9.18 Å². The molecular formula is C18H29FN2O4S. The van der Waals surface area contributed by atoms with Crippen LogP contribution in [-0.2, 0) is 14.3 Å². The highest BCUT2D eigenvalue weighted by Crippen LogP contribution is 2.31. The molecule has 0 spiro atoms. The number of carbonyl (C=O) groups is 3. The molecule has 0 aromatic heterocycles. The summed E-state index contributed by atoms with van der Waals surface area (Å²) >= 11 is 1.22. The third kappa shape index (κ3) is 6.14. The molecule has 26 heavy (non-hydrogen) atoms.